The molecule has 0 spiro atoms. The molecule has 0 aromatic heterocycles. The van der Waals surface area contributed by atoms with Crippen LogP contribution in [0.25, 0.3) is 0 Å². The third kappa shape index (κ3) is 7.60. The molecule has 0 unspecified atom stereocenters. The summed E-state index contributed by atoms with van der Waals surface area (Å²) in [5, 5.41) is 11.4. The summed E-state index contributed by atoms with van der Waals surface area (Å²) in [6.45, 7) is 7.10. The number of unbranched alkanes of at least 4 members (excludes halogenated alkanes) is 1. The normalized spacial score (nSPS) is 10.4. The molecule has 2 amide bonds. The molecular formula is C12H24N2O3. The fourth-order valence-corrected chi connectivity index (χ4v) is 1.47. The van der Waals surface area contributed by atoms with E-state index in [0.717, 1.165) is 12.8 Å². The SMILES string of the molecule is CCCCNC(=O)N(CCCC(=O)O)C(C)C. The molecule has 0 radical (unpaired) electrons. The molecule has 5 heteroatoms. The van der Waals surface area contributed by atoms with Gasteiger partial charge in [-0.15, -0.1) is 0 Å². The minimum Gasteiger partial charge on any atom is -0.481 e. The second kappa shape index (κ2) is 8.84. The molecule has 0 bridgehead atoms. The van der Waals surface area contributed by atoms with E-state index in [1.54, 1.807) is 4.90 Å². The van der Waals surface area contributed by atoms with Crippen molar-refractivity contribution in [1.29, 1.82) is 0 Å². The van der Waals surface area contributed by atoms with Gasteiger partial charge in [-0.2, -0.15) is 0 Å². The molecule has 0 aliphatic carbocycles. The Balaban J connectivity index is 4.03. The van der Waals surface area contributed by atoms with Crippen LogP contribution in [0.2, 0.25) is 0 Å². The number of carboxylic acids is 1. The molecule has 0 aromatic rings. The number of rotatable bonds is 8. The summed E-state index contributed by atoms with van der Waals surface area (Å²) < 4.78 is 0. The van der Waals surface area contributed by atoms with Crippen LogP contribution < -0.4 is 5.32 Å². The van der Waals surface area contributed by atoms with E-state index >= 15 is 0 Å². The highest BCUT2D eigenvalue weighted by Crippen LogP contribution is 2.02. The number of carboxylic acid groups (broad SMARTS) is 1. The van der Waals surface area contributed by atoms with Gasteiger partial charge in [-0.05, 0) is 26.7 Å². The summed E-state index contributed by atoms with van der Waals surface area (Å²) in [5.74, 6) is -0.819. The van der Waals surface area contributed by atoms with E-state index in [-0.39, 0.29) is 18.5 Å². The lowest BCUT2D eigenvalue weighted by Crippen LogP contribution is -2.44. The molecular weight excluding hydrogens is 220 g/mol. The first-order valence-corrected chi connectivity index (χ1v) is 6.25. The summed E-state index contributed by atoms with van der Waals surface area (Å²) >= 11 is 0. The quantitative estimate of drug-likeness (QED) is 0.642. The standard InChI is InChI=1S/C12H24N2O3/c1-4-5-8-13-12(17)14(10(2)3)9-6-7-11(15)16/h10H,4-9H2,1-3H3,(H,13,17)(H,15,16). The lowest BCUT2D eigenvalue weighted by atomic mass is 10.2. The monoisotopic (exact) mass is 244 g/mol. The number of amides is 2. The Morgan fingerprint density at radius 3 is 2.41 bits per heavy atom. The fraction of sp³-hybridized carbons (Fsp3) is 0.833. The van der Waals surface area contributed by atoms with E-state index in [1.165, 1.54) is 0 Å². The van der Waals surface area contributed by atoms with Crippen molar-refractivity contribution in [3.63, 3.8) is 0 Å². The zero-order valence-corrected chi connectivity index (χ0v) is 11.0. The van der Waals surface area contributed by atoms with Gasteiger partial charge in [0.25, 0.3) is 0 Å². The van der Waals surface area contributed by atoms with Crippen LogP contribution in [0.1, 0.15) is 46.5 Å². The topological polar surface area (TPSA) is 69.6 Å². The molecule has 0 saturated carbocycles. The second-order valence-electron chi connectivity index (χ2n) is 4.37. The zero-order chi connectivity index (χ0) is 13.3. The molecule has 0 saturated heterocycles. The Kier molecular flexibility index (Phi) is 8.19. The molecule has 100 valence electrons. The van der Waals surface area contributed by atoms with Crippen LogP contribution in [-0.4, -0.2) is 41.1 Å². The van der Waals surface area contributed by atoms with Gasteiger partial charge in [-0.25, -0.2) is 4.79 Å². The van der Waals surface area contributed by atoms with Gasteiger partial charge in [0.2, 0.25) is 0 Å². The van der Waals surface area contributed by atoms with Gasteiger partial charge in [0.05, 0.1) is 0 Å². The summed E-state index contributed by atoms with van der Waals surface area (Å²) in [5.41, 5.74) is 0. The largest absolute Gasteiger partial charge is 0.481 e. The number of carbonyl (C=O) groups excluding carboxylic acids is 1. The van der Waals surface area contributed by atoms with Crippen LogP contribution in [0.15, 0.2) is 0 Å². The van der Waals surface area contributed by atoms with Crippen molar-refractivity contribution in [2.75, 3.05) is 13.1 Å². The van der Waals surface area contributed by atoms with Crippen molar-refractivity contribution in [3.8, 4) is 0 Å². The molecule has 2 N–H and O–H groups in total. The van der Waals surface area contributed by atoms with Crippen LogP contribution in [0.5, 0.6) is 0 Å². The van der Waals surface area contributed by atoms with Crippen molar-refractivity contribution < 1.29 is 14.7 Å². The molecule has 0 aliphatic rings. The maximum Gasteiger partial charge on any atom is 0.317 e. The van der Waals surface area contributed by atoms with Crippen LogP contribution in [-0.2, 0) is 4.79 Å². The first kappa shape index (κ1) is 15.7. The van der Waals surface area contributed by atoms with Crippen LogP contribution in [0, 0.1) is 0 Å². The van der Waals surface area contributed by atoms with Crippen LogP contribution in [0.3, 0.4) is 0 Å². The molecule has 0 heterocycles. The van der Waals surface area contributed by atoms with E-state index in [4.69, 9.17) is 5.11 Å². The third-order valence-electron chi connectivity index (χ3n) is 2.48. The highest BCUT2D eigenvalue weighted by atomic mass is 16.4. The number of urea groups is 1. The third-order valence-corrected chi connectivity index (χ3v) is 2.48. The van der Waals surface area contributed by atoms with E-state index in [9.17, 15) is 9.59 Å². The summed E-state index contributed by atoms with van der Waals surface area (Å²) in [6.07, 6.45) is 2.61. The summed E-state index contributed by atoms with van der Waals surface area (Å²) in [4.78, 5) is 23.9. The predicted molar refractivity (Wildman–Crippen MR) is 67.0 cm³/mol. The molecule has 0 rings (SSSR count). The Morgan fingerprint density at radius 1 is 1.29 bits per heavy atom. The molecule has 0 fully saturated rings. The van der Waals surface area contributed by atoms with Gasteiger partial charge < -0.3 is 15.3 Å². The summed E-state index contributed by atoms with van der Waals surface area (Å²) in [6, 6.07) is -0.00994. The minimum atomic E-state index is -0.819. The number of aliphatic carboxylic acids is 1. The summed E-state index contributed by atoms with van der Waals surface area (Å²) in [7, 11) is 0. The Morgan fingerprint density at radius 2 is 1.94 bits per heavy atom. The molecule has 0 atom stereocenters. The maximum absolute atomic E-state index is 11.8. The highest BCUT2D eigenvalue weighted by Gasteiger charge is 2.16. The lowest BCUT2D eigenvalue weighted by Gasteiger charge is -2.26. The fourth-order valence-electron chi connectivity index (χ4n) is 1.47. The first-order valence-electron chi connectivity index (χ1n) is 6.25. The zero-order valence-electron chi connectivity index (χ0n) is 11.0. The lowest BCUT2D eigenvalue weighted by molar-refractivity contribution is -0.137. The van der Waals surface area contributed by atoms with Crippen LogP contribution >= 0.6 is 0 Å². The van der Waals surface area contributed by atoms with Crippen molar-refractivity contribution in [2.24, 2.45) is 0 Å². The van der Waals surface area contributed by atoms with E-state index in [2.05, 4.69) is 12.2 Å². The molecule has 0 aromatic carbocycles. The highest BCUT2D eigenvalue weighted by molar-refractivity contribution is 5.74. The van der Waals surface area contributed by atoms with Gasteiger partial charge in [0.1, 0.15) is 0 Å². The molecule has 17 heavy (non-hydrogen) atoms. The number of nitrogens with one attached hydrogen (secondary N) is 1. The second-order valence-corrected chi connectivity index (χ2v) is 4.37. The van der Waals surface area contributed by atoms with Crippen LogP contribution in [0.4, 0.5) is 4.79 Å². The maximum atomic E-state index is 11.8. The number of nitrogens with zero attached hydrogens (tertiary/aromatic N) is 1. The predicted octanol–water partition coefficient (Wildman–Crippen LogP) is 2.07. The number of hydrogen-bond donors (Lipinski definition) is 2. The van der Waals surface area contributed by atoms with Gasteiger partial charge in [0, 0.05) is 25.6 Å². The average Bonchev–Trinajstić information content (AvgIpc) is 2.23. The van der Waals surface area contributed by atoms with Gasteiger partial charge in [-0.1, -0.05) is 13.3 Å². The van der Waals surface area contributed by atoms with Gasteiger partial charge in [-0.3, -0.25) is 4.79 Å². The number of carbonyl (C=O) groups is 2. The van der Waals surface area contributed by atoms with Gasteiger partial charge in [0.15, 0.2) is 0 Å². The first-order chi connectivity index (χ1) is 7.99. The Hall–Kier alpha value is -1.26. The average molecular weight is 244 g/mol. The van der Waals surface area contributed by atoms with Crippen molar-refractivity contribution in [2.45, 2.75) is 52.5 Å². The Bertz CT molecular complexity index is 242. The number of hydrogen-bond acceptors (Lipinski definition) is 2. The Labute approximate surface area is 103 Å². The molecule has 0 aliphatic heterocycles. The van der Waals surface area contributed by atoms with Crippen molar-refractivity contribution >= 4 is 12.0 Å². The minimum absolute atomic E-state index is 0.0884. The van der Waals surface area contributed by atoms with E-state index < -0.39 is 5.97 Å². The van der Waals surface area contributed by atoms with Crippen molar-refractivity contribution in [3.05, 3.63) is 0 Å². The smallest absolute Gasteiger partial charge is 0.317 e. The van der Waals surface area contributed by atoms with Gasteiger partial charge >= 0.3 is 12.0 Å². The van der Waals surface area contributed by atoms with E-state index in [0.29, 0.717) is 19.5 Å². The van der Waals surface area contributed by atoms with E-state index in [1.807, 2.05) is 13.8 Å². The van der Waals surface area contributed by atoms with Crippen molar-refractivity contribution in [1.82, 2.24) is 10.2 Å². The molecule has 5 nitrogen and oxygen atoms in total.